The van der Waals surface area contributed by atoms with Crippen LogP contribution in [0.5, 0.6) is 11.5 Å². The zero-order valence-electron chi connectivity index (χ0n) is 14.7. The van der Waals surface area contributed by atoms with E-state index in [9.17, 15) is 14.0 Å². The fourth-order valence-corrected chi connectivity index (χ4v) is 1.98. The number of para-hydroxylation sites is 1. The highest BCUT2D eigenvalue weighted by atomic mass is 19.1. The topological polar surface area (TPSA) is 100 Å². The van der Waals surface area contributed by atoms with Crippen LogP contribution in [-0.4, -0.2) is 24.0 Å². The first-order chi connectivity index (χ1) is 12.9. The van der Waals surface area contributed by atoms with Crippen LogP contribution in [0.15, 0.2) is 48.5 Å². The van der Waals surface area contributed by atoms with Crippen LogP contribution in [-0.2, 0) is 9.59 Å². The summed E-state index contributed by atoms with van der Waals surface area (Å²) in [7, 11) is 0. The molecule has 2 aromatic carbocycles. The molecule has 0 aliphatic rings. The number of hydrazine groups is 1. The molecule has 0 saturated carbocycles. The number of carbonyl (C=O) groups excluding carboxylic acids is 2. The van der Waals surface area contributed by atoms with E-state index in [0.717, 1.165) is 0 Å². The van der Waals surface area contributed by atoms with Gasteiger partial charge in [0.1, 0.15) is 5.75 Å². The Morgan fingerprint density at radius 3 is 2.07 bits per heavy atom. The molecule has 7 nitrogen and oxygen atoms in total. The Balaban J connectivity index is 1.81. The van der Waals surface area contributed by atoms with Gasteiger partial charge in [0.2, 0.25) is 0 Å². The number of ether oxygens (including phenoxy) is 2. The lowest BCUT2D eigenvalue weighted by Crippen LogP contribution is -2.50. The monoisotopic (exact) mass is 371 g/mol. The Kier molecular flexibility index (Phi) is 6.72. The van der Waals surface area contributed by atoms with Crippen LogP contribution in [0.1, 0.15) is 19.4 Å². The maximum absolute atomic E-state index is 13.5. The van der Waals surface area contributed by atoms with Crippen LogP contribution >= 0.6 is 0 Å². The van der Waals surface area contributed by atoms with Crippen LogP contribution in [0.2, 0.25) is 0 Å². The first kappa shape index (κ1) is 19.7. The van der Waals surface area contributed by atoms with E-state index in [1.165, 1.54) is 32.0 Å². The van der Waals surface area contributed by atoms with E-state index in [4.69, 9.17) is 14.7 Å². The number of rotatable bonds is 6. The van der Waals surface area contributed by atoms with Crippen LogP contribution in [0.25, 0.3) is 0 Å². The van der Waals surface area contributed by atoms with Crippen molar-refractivity contribution < 1.29 is 23.5 Å². The van der Waals surface area contributed by atoms with Crippen molar-refractivity contribution in [3.8, 4) is 17.6 Å². The predicted octanol–water partition coefficient (Wildman–Crippen LogP) is 2.08. The average molecular weight is 371 g/mol. The van der Waals surface area contributed by atoms with E-state index in [0.29, 0.717) is 11.3 Å². The third kappa shape index (κ3) is 5.71. The van der Waals surface area contributed by atoms with Gasteiger partial charge in [-0.1, -0.05) is 12.1 Å². The fraction of sp³-hybridized carbons (Fsp3) is 0.211. The second-order valence-corrected chi connectivity index (χ2v) is 5.57. The number of hydrogen-bond donors (Lipinski definition) is 2. The van der Waals surface area contributed by atoms with E-state index in [2.05, 4.69) is 10.9 Å². The summed E-state index contributed by atoms with van der Waals surface area (Å²) in [6, 6.07) is 13.9. The molecule has 8 heteroatoms. The fourth-order valence-electron chi connectivity index (χ4n) is 1.98. The first-order valence-electron chi connectivity index (χ1n) is 8.08. The molecule has 0 aromatic heterocycles. The van der Waals surface area contributed by atoms with Gasteiger partial charge in [0.15, 0.2) is 23.8 Å². The van der Waals surface area contributed by atoms with Crippen LogP contribution < -0.4 is 20.3 Å². The summed E-state index contributed by atoms with van der Waals surface area (Å²) < 4.78 is 24.2. The van der Waals surface area contributed by atoms with Gasteiger partial charge in [-0.2, -0.15) is 5.26 Å². The molecule has 0 fully saturated rings. The quantitative estimate of drug-likeness (QED) is 0.757. The molecule has 0 aliphatic heterocycles. The van der Waals surface area contributed by atoms with E-state index >= 15 is 0 Å². The largest absolute Gasteiger partial charge is 0.481 e. The molecule has 0 spiro atoms. The molecular weight excluding hydrogens is 353 g/mol. The Bertz CT molecular complexity index is 849. The van der Waals surface area contributed by atoms with E-state index in [1.54, 1.807) is 30.3 Å². The highest BCUT2D eigenvalue weighted by Gasteiger charge is 2.19. The highest BCUT2D eigenvalue weighted by molar-refractivity contribution is 5.86. The summed E-state index contributed by atoms with van der Waals surface area (Å²) in [5, 5.41) is 8.75. The number of nitrogens with one attached hydrogen (secondary N) is 2. The molecule has 2 rings (SSSR count). The number of carbonyl (C=O) groups is 2. The third-order valence-corrected chi connectivity index (χ3v) is 3.48. The SMILES string of the molecule is C[C@H](Oc1ccccc1F)C(=O)NNC(=O)[C@@H](C)Oc1ccc(C#N)cc1. The minimum atomic E-state index is -1.03. The van der Waals surface area contributed by atoms with Gasteiger partial charge in [0, 0.05) is 0 Å². The molecule has 2 N–H and O–H groups in total. The average Bonchev–Trinajstić information content (AvgIpc) is 2.68. The van der Waals surface area contributed by atoms with Gasteiger partial charge < -0.3 is 9.47 Å². The molecular formula is C19H18FN3O4. The normalized spacial score (nSPS) is 12.2. The number of amides is 2. The summed E-state index contributed by atoms with van der Waals surface area (Å²) >= 11 is 0. The van der Waals surface area contributed by atoms with Crippen molar-refractivity contribution in [1.29, 1.82) is 5.26 Å². The molecule has 0 aliphatic carbocycles. The van der Waals surface area contributed by atoms with Gasteiger partial charge in [-0.05, 0) is 50.2 Å². The molecule has 140 valence electrons. The van der Waals surface area contributed by atoms with Crippen LogP contribution in [0.4, 0.5) is 4.39 Å². The number of hydrogen-bond acceptors (Lipinski definition) is 5. The Morgan fingerprint density at radius 1 is 0.963 bits per heavy atom. The minimum absolute atomic E-state index is 0.0657. The van der Waals surface area contributed by atoms with Crippen LogP contribution in [0, 0.1) is 17.1 Å². The summed E-state index contributed by atoms with van der Waals surface area (Å²) in [5.41, 5.74) is 4.88. The zero-order chi connectivity index (χ0) is 19.8. The molecule has 0 radical (unpaired) electrons. The van der Waals surface area contributed by atoms with Gasteiger partial charge >= 0.3 is 0 Å². The molecule has 0 bridgehead atoms. The van der Waals surface area contributed by atoms with Crippen molar-refractivity contribution in [1.82, 2.24) is 10.9 Å². The zero-order valence-corrected chi connectivity index (χ0v) is 14.7. The van der Waals surface area contributed by atoms with Crippen LogP contribution in [0.3, 0.4) is 0 Å². The van der Waals surface area contributed by atoms with Crippen molar-refractivity contribution in [3.05, 3.63) is 59.9 Å². The second-order valence-electron chi connectivity index (χ2n) is 5.57. The highest BCUT2D eigenvalue weighted by Crippen LogP contribution is 2.17. The Hall–Kier alpha value is -3.60. The second kappa shape index (κ2) is 9.20. The van der Waals surface area contributed by atoms with Crippen molar-refractivity contribution in [3.63, 3.8) is 0 Å². The lowest BCUT2D eigenvalue weighted by atomic mass is 10.2. The number of nitrogens with zero attached hydrogens (tertiary/aromatic N) is 1. The maximum atomic E-state index is 13.5. The van der Waals surface area contributed by atoms with Gasteiger partial charge in [0.05, 0.1) is 11.6 Å². The summed E-state index contributed by atoms with van der Waals surface area (Å²) in [5.74, 6) is -1.50. The van der Waals surface area contributed by atoms with E-state index in [1.807, 2.05) is 6.07 Å². The van der Waals surface area contributed by atoms with Crippen molar-refractivity contribution >= 4 is 11.8 Å². The molecule has 2 atom stereocenters. The molecule has 27 heavy (non-hydrogen) atoms. The smallest absolute Gasteiger partial charge is 0.279 e. The third-order valence-electron chi connectivity index (χ3n) is 3.48. The summed E-state index contributed by atoms with van der Waals surface area (Å²) in [6.45, 7) is 2.92. The van der Waals surface area contributed by atoms with Crippen molar-refractivity contribution in [2.24, 2.45) is 0 Å². The number of halogens is 1. The minimum Gasteiger partial charge on any atom is -0.481 e. The lowest BCUT2D eigenvalue weighted by molar-refractivity contribution is -0.135. The van der Waals surface area contributed by atoms with Gasteiger partial charge in [-0.15, -0.1) is 0 Å². The number of nitriles is 1. The first-order valence-corrected chi connectivity index (χ1v) is 8.08. The van der Waals surface area contributed by atoms with Gasteiger partial charge in [0.25, 0.3) is 11.8 Å². The molecule has 0 unspecified atom stereocenters. The molecule has 0 saturated heterocycles. The number of benzene rings is 2. The van der Waals surface area contributed by atoms with Gasteiger partial charge in [-0.3, -0.25) is 20.4 Å². The maximum Gasteiger partial charge on any atom is 0.279 e. The summed E-state index contributed by atoms with van der Waals surface area (Å²) in [6.07, 6.45) is -1.93. The van der Waals surface area contributed by atoms with Crippen molar-refractivity contribution in [2.75, 3.05) is 0 Å². The standard InChI is InChI=1S/C19H18FN3O4/c1-12(26-15-9-7-14(11-21)8-10-15)18(24)22-23-19(25)13(2)27-17-6-4-3-5-16(17)20/h3-10,12-13H,1-2H3,(H,22,24)(H,23,25)/t12-,13+/m1/s1. The van der Waals surface area contributed by atoms with E-state index in [-0.39, 0.29) is 5.75 Å². The molecule has 2 amide bonds. The van der Waals surface area contributed by atoms with Gasteiger partial charge in [-0.25, -0.2) is 4.39 Å². The van der Waals surface area contributed by atoms with E-state index < -0.39 is 29.8 Å². The molecule has 2 aromatic rings. The molecule has 0 heterocycles. The summed E-state index contributed by atoms with van der Waals surface area (Å²) in [4.78, 5) is 24.0. The Labute approximate surface area is 155 Å². The van der Waals surface area contributed by atoms with Crippen molar-refractivity contribution in [2.45, 2.75) is 26.1 Å². The Morgan fingerprint density at radius 2 is 1.52 bits per heavy atom. The lowest BCUT2D eigenvalue weighted by Gasteiger charge is -2.18. The predicted molar refractivity (Wildman–Crippen MR) is 94.0 cm³/mol.